The SMILES string of the molecule is O=C(Nc1cc(F)c(F)cc1C(=O)NO)c1ccc(-n2ccnc2)nn1. The lowest BCUT2D eigenvalue weighted by atomic mass is 10.1. The Morgan fingerprint density at radius 3 is 2.46 bits per heavy atom. The summed E-state index contributed by atoms with van der Waals surface area (Å²) in [5.41, 5.74) is 0.342. The van der Waals surface area contributed by atoms with Crippen molar-refractivity contribution in [2.45, 2.75) is 0 Å². The molecule has 11 heteroatoms. The molecule has 0 bridgehead atoms. The van der Waals surface area contributed by atoms with Gasteiger partial charge >= 0.3 is 0 Å². The standard InChI is InChI=1S/C15H10F2N6O3/c16-9-5-8(14(24)22-26)12(6-10(9)17)19-15(25)11-1-2-13(21-20-11)23-4-3-18-7-23/h1-7,26H,(H,19,25)(H,22,24). The summed E-state index contributed by atoms with van der Waals surface area (Å²) in [6, 6.07) is 4.01. The molecule has 132 valence electrons. The second-order valence-electron chi connectivity index (χ2n) is 4.95. The molecular weight excluding hydrogens is 350 g/mol. The van der Waals surface area contributed by atoms with Crippen molar-refractivity contribution >= 4 is 17.5 Å². The second kappa shape index (κ2) is 7.03. The minimum Gasteiger partial charge on any atom is -0.320 e. The van der Waals surface area contributed by atoms with Crippen LogP contribution in [0.3, 0.4) is 0 Å². The van der Waals surface area contributed by atoms with Gasteiger partial charge in [0.25, 0.3) is 11.8 Å². The molecule has 3 rings (SSSR count). The zero-order valence-corrected chi connectivity index (χ0v) is 12.8. The summed E-state index contributed by atoms with van der Waals surface area (Å²) in [5, 5.41) is 18.5. The predicted molar refractivity (Wildman–Crippen MR) is 82.7 cm³/mol. The second-order valence-corrected chi connectivity index (χ2v) is 4.95. The molecule has 0 atom stereocenters. The molecule has 0 aliphatic heterocycles. The predicted octanol–water partition coefficient (Wildman–Crippen LogP) is 1.31. The van der Waals surface area contributed by atoms with Crippen molar-refractivity contribution < 1.29 is 23.6 Å². The zero-order chi connectivity index (χ0) is 18.7. The normalized spacial score (nSPS) is 10.4. The summed E-state index contributed by atoms with van der Waals surface area (Å²) in [5.74, 6) is -4.12. The third-order valence-corrected chi connectivity index (χ3v) is 3.31. The molecule has 0 saturated heterocycles. The third kappa shape index (κ3) is 3.37. The number of halogens is 2. The van der Waals surface area contributed by atoms with Crippen LogP contribution in [-0.4, -0.2) is 36.8 Å². The van der Waals surface area contributed by atoms with E-state index in [1.807, 2.05) is 0 Å². The van der Waals surface area contributed by atoms with Crippen molar-refractivity contribution in [1.82, 2.24) is 25.2 Å². The average Bonchev–Trinajstić information content (AvgIpc) is 3.18. The monoisotopic (exact) mass is 360 g/mol. The molecule has 1 aromatic carbocycles. The van der Waals surface area contributed by atoms with E-state index in [1.54, 1.807) is 17.0 Å². The van der Waals surface area contributed by atoms with E-state index >= 15 is 0 Å². The van der Waals surface area contributed by atoms with Gasteiger partial charge in [-0.3, -0.25) is 19.4 Å². The van der Waals surface area contributed by atoms with Crippen LogP contribution in [0.5, 0.6) is 0 Å². The number of carbonyl (C=O) groups is 2. The maximum absolute atomic E-state index is 13.4. The Kier molecular flexibility index (Phi) is 4.62. The quantitative estimate of drug-likeness (QED) is 0.476. The number of aromatic nitrogens is 4. The fourth-order valence-electron chi connectivity index (χ4n) is 2.06. The summed E-state index contributed by atoms with van der Waals surface area (Å²) in [6.07, 6.45) is 4.66. The van der Waals surface area contributed by atoms with E-state index in [0.717, 1.165) is 0 Å². The van der Waals surface area contributed by atoms with Crippen LogP contribution in [0.4, 0.5) is 14.5 Å². The summed E-state index contributed by atoms with van der Waals surface area (Å²) < 4.78 is 28.3. The molecule has 0 unspecified atom stereocenters. The van der Waals surface area contributed by atoms with Crippen LogP contribution in [0, 0.1) is 11.6 Å². The number of carbonyl (C=O) groups excluding carboxylic acids is 2. The molecule has 0 saturated carbocycles. The zero-order valence-electron chi connectivity index (χ0n) is 12.8. The lowest BCUT2D eigenvalue weighted by Crippen LogP contribution is -2.23. The Labute approximate surface area is 144 Å². The van der Waals surface area contributed by atoms with Crippen LogP contribution >= 0.6 is 0 Å². The van der Waals surface area contributed by atoms with Crippen molar-refractivity contribution in [3.05, 3.63) is 65.9 Å². The Hall–Kier alpha value is -3.73. The number of nitrogens with zero attached hydrogens (tertiary/aromatic N) is 4. The van der Waals surface area contributed by atoms with Crippen molar-refractivity contribution in [3.8, 4) is 5.82 Å². The molecule has 2 heterocycles. The smallest absolute Gasteiger partial charge is 0.276 e. The minimum absolute atomic E-state index is 0.131. The highest BCUT2D eigenvalue weighted by Crippen LogP contribution is 2.21. The molecule has 0 fully saturated rings. The van der Waals surface area contributed by atoms with Gasteiger partial charge in [0, 0.05) is 18.5 Å². The van der Waals surface area contributed by atoms with E-state index in [1.165, 1.54) is 23.9 Å². The highest BCUT2D eigenvalue weighted by molar-refractivity contribution is 6.08. The van der Waals surface area contributed by atoms with Gasteiger partial charge in [0.2, 0.25) is 0 Å². The number of hydrogen-bond donors (Lipinski definition) is 3. The number of benzene rings is 1. The van der Waals surface area contributed by atoms with E-state index in [-0.39, 0.29) is 11.4 Å². The number of hydroxylamine groups is 1. The molecule has 3 N–H and O–H groups in total. The average molecular weight is 360 g/mol. The van der Waals surface area contributed by atoms with Crippen LogP contribution < -0.4 is 10.8 Å². The van der Waals surface area contributed by atoms with Gasteiger partial charge in [-0.05, 0) is 18.2 Å². The highest BCUT2D eigenvalue weighted by Gasteiger charge is 2.19. The van der Waals surface area contributed by atoms with Crippen LogP contribution in [0.2, 0.25) is 0 Å². The number of anilines is 1. The van der Waals surface area contributed by atoms with E-state index in [2.05, 4.69) is 20.5 Å². The molecule has 9 nitrogen and oxygen atoms in total. The number of hydrogen-bond acceptors (Lipinski definition) is 6. The summed E-state index contributed by atoms with van der Waals surface area (Å²) in [6.45, 7) is 0. The molecule has 3 aromatic rings. The van der Waals surface area contributed by atoms with Crippen molar-refractivity contribution in [2.75, 3.05) is 5.32 Å². The van der Waals surface area contributed by atoms with Crippen LogP contribution in [-0.2, 0) is 0 Å². The van der Waals surface area contributed by atoms with Gasteiger partial charge in [0.15, 0.2) is 23.1 Å². The third-order valence-electron chi connectivity index (χ3n) is 3.31. The molecule has 26 heavy (non-hydrogen) atoms. The maximum atomic E-state index is 13.4. The minimum atomic E-state index is -1.31. The first kappa shape index (κ1) is 17.1. The maximum Gasteiger partial charge on any atom is 0.276 e. The Morgan fingerprint density at radius 1 is 1.08 bits per heavy atom. The van der Waals surface area contributed by atoms with Gasteiger partial charge in [-0.1, -0.05) is 0 Å². The van der Waals surface area contributed by atoms with Crippen LogP contribution in [0.15, 0.2) is 43.0 Å². The lowest BCUT2D eigenvalue weighted by Gasteiger charge is -2.10. The Balaban J connectivity index is 1.86. The lowest BCUT2D eigenvalue weighted by molar-refractivity contribution is 0.0706. The Morgan fingerprint density at radius 2 is 1.85 bits per heavy atom. The van der Waals surface area contributed by atoms with E-state index in [9.17, 15) is 18.4 Å². The Bertz CT molecular complexity index is 960. The molecule has 0 aliphatic rings. The van der Waals surface area contributed by atoms with Crippen LogP contribution in [0.1, 0.15) is 20.8 Å². The number of imidazole rings is 1. The molecule has 0 spiro atoms. The van der Waals surface area contributed by atoms with Crippen LogP contribution in [0.25, 0.3) is 5.82 Å². The highest BCUT2D eigenvalue weighted by atomic mass is 19.2. The molecule has 0 radical (unpaired) electrons. The van der Waals surface area contributed by atoms with Gasteiger partial charge in [0.1, 0.15) is 6.33 Å². The van der Waals surface area contributed by atoms with Crippen molar-refractivity contribution in [3.63, 3.8) is 0 Å². The van der Waals surface area contributed by atoms with Crippen molar-refractivity contribution in [2.24, 2.45) is 0 Å². The number of nitrogens with one attached hydrogen (secondary N) is 2. The summed E-state index contributed by atoms with van der Waals surface area (Å²) >= 11 is 0. The summed E-state index contributed by atoms with van der Waals surface area (Å²) in [7, 11) is 0. The van der Waals surface area contributed by atoms with Gasteiger partial charge < -0.3 is 5.32 Å². The first-order valence-electron chi connectivity index (χ1n) is 7.06. The van der Waals surface area contributed by atoms with Crippen molar-refractivity contribution in [1.29, 1.82) is 0 Å². The molecular formula is C15H10F2N6O3. The summed E-state index contributed by atoms with van der Waals surface area (Å²) in [4.78, 5) is 27.6. The number of rotatable bonds is 4. The molecule has 0 aliphatic carbocycles. The molecule has 2 amide bonds. The first-order valence-corrected chi connectivity index (χ1v) is 7.06. The fourth-order valence-corrected chi connectivity index (χ4v) is 2.06. The van der Waals surface area contributed by atoms with E-state index in [0.29, 0.717) is 18.0 Å². The van der Waals surface area contributed by atoms with Gasteiger partial charge in [-0.15, -0.1) is 10.2 Å². The fraction of sp³-hybridized carbons (Fsp3) is 0. The van der Waals surface area contributed by atoms with E-state index in [4.69, 9.17) is 5.21 Å². The first-order chi connectivity index (χ1) is 12.5. The van der Waals surface area contributed by atoms with Gasteiger partial charge in [-0.25, -0.2) is 19.2 Å². The number of amides is 2. The van der Waals surface area contributed by atoms with Gasteiger partial charge in [0.05, 0.1) is 11.3 Å². The van der Waals surface area contributed by atoms with Gasteiger partial charge in [-0.2, -0.15) is 0 Å². The largest absolute Gasteiger partial charge is 0.320 e. The molecule has 2 aromatic heterocycles. The topological polar surface area (TPSA) is 122 Å². The van der Waals surface area contributed by atoms with E-state index < -0.39 is 29.0 Å².